The predicted molar refractivity (Wildman–Crippen MR) is 127 cm³/mol. The van der Waals surface area contributed by atoms with Gasteiger partial charge in [0.2, 0.25) is 5.91 Å². The van der Waals surface area contributed by atoms with Gasteiger partial charge >= 0.3 is 6.16 Å². The number of hydrogen-bond acceptors (Lipinski definition) is 6. The van der Waals surface area contributed by atoms with E-state index < -0.39 is 6.16 Å². The van der Waals surface area contributed by atoms with Crippen molar-refractivity contribution in [1.82, 2.24) is 5.32 Å². The second-order valence-corrected chi connectivity index (χ2v) is 7.26. The molecule has 0 aliphatic rings. The van der Waals surface area contributed by atoms with Gasteiger partial charge in [-0.1, -0.05) is 24.3 Å². The Bertz CT molecular complexity index is 1110. The lowest BCUT2D eigenvalue weighted by Crippen LogP contribution is -2.22. The quantitative estimate of drug-likeness (QED) is 0.362. The van der Waals surface area contributed by atoms with Gasteiger partial charge in [-0.15, -0.1) is 0 Å². The van der Waals surface area contributed by atoms with Crippen LogP contribution in [-0.4, -0.2) is 31.7 Å². The molecule has 0 aromatic heterocycles. The fourth-order valence-corrected chi connectivity index (χ4v) is 3.04. The Hall–Kier alpha value is -4.33. The Morgan fingerprint density at radius 1 is 0.794 bits per heavy atom. The summed E-state index contributed by atoms with van der Waals surface area (Å²) in [5.74, 6) is 0.646. The highest BCUT2D eigenvalue weighted by molar-refractivity contribution is 5.94. The molecule has 34 heavy (non-hydrogen) atoms. The zero-order valence-electron chi connectivity index (χ0n) is 19.0. The van der Waals surface area contributed by atoms with E-state index in [9.17, 15) is 14.4 Å². The number of anilines is 1. The van der Waals surface area contributed by atoms with Crippen LogP contribution in [0.4, 0.5) is 10.5 Å². The fraction of sp³-hybridized carbons (Fsp3) is 0.192. The van der Waals surface area contributed by atoms with E-state index in [0.717, 1.165) is 16.9 Å². The van der Waals surface area contributed by atoms with Crippen LogP contribution in [0.5, 0.6) is 11.5 Å². The molecule has 0 bridgehead atoms. The third-order valence-electron chi connectivity index (χ3n) is 4.79. The molecule has 0 saturated carbocycles. The number of rotatable bonds is 9. The zero-order chi connectivity index (χ0) is 24.3. The number of ether oxygens (including phenoxy) is 3. The molecule has 0 aliphatic carbocycles. The van der Waals surface area contributed by atoms with Gasteiger partial charge in [0.05, 0.1) is 20.1 Å². The molecule has 0 fully saturated rings. The van der Waals surface area contributed by atoms with Gasteiger partial charge in [0.1, 0.15) is 11.5 Å². The Morgan fingerprint density at radius 3 is 2.03 bits per heavy atom. The van der Waals surface area contributed by atoms with Crippen LogP contribution in [0.2, 0.25) is 0 Å². The largest absolute Gasteiger partial charge is 0.513 e. The van der Waals surface area contributed by atoms with Crippen molar-refractivity contribution in [1.29, 1.82) is 0 Å². The number of carbonyl (C=O) groups is 3. The Kier molecular flexibility index (Phi) is 8.62. The van der Waals surface area contributed by atoms with E-state index >= 15 is 0 Å². The lowest BCUT2D eigenvalue weighted by Gasteiger charge is -2.09. The van der Waals surface area contributed by atoms with Crippen LogP contribution in [0.3, 0.4) is 0 Å². The molecule has 0 heterocycles. The van der Waals surface area contributed by atoms with Crippen LogP contribution in [0.1, 0.15) is 28.4 Å². The van der Waals surface area contributed by atoms with Gasteiger partial charge in [0.25, 0.3) is 5.91 Å². The van der Waals surface area contributed by atoms with Crippen LogP contribution in [0.15, 0.2) is 72.8 Å². The summed E-state index contributed by atoms with van der Waals surface area (Å²) in [5, 5.41) is 5.69. The molecule has 8 nitrogen and oxygen atoms in total. The summed E-state index contributed by atoms with van der Waals surface area (Å²) in [7, 11) is 1.60. The van der Waals surface area contributed by atoms with Gasteiger partial charge in [0, 0.05) is 17.8 Å². The first-order valence-corrected chi connectivity index (χ1v) is 10.7. The highest BCUT2D eigenvalue weighted by Gasteiger charge is 2.09. The van der Waals surface area contributed by atoms with Crippen LogP contribution in [0, 0.1) is 0 Å². The molecule has 0 spiro atoms. The van der Waals surface area contributed by atoms with Crippen molar-refractivity contribution >= 4 is 23.7 Å². The van der Waals surface area contributed by atoms with Crippen molar-refractivity contribution in [3.63, 3.8) is 0 Å². The average Bonchev–Trinajstić information content (AvgIpc) is 2.84. The van der Waals surface area contributed by atoms with Crippen molar-refractivity contribution in [3.8, 4) is 11.5 Å². The molecule has 3 aromatic rings. The van der Waals surface area contributed by atoms with E-state index in [1.807, 2.05) is 36.4 Å². The van der Waals surface area contributed by atoms with Crippen molar-refractivity contribution < 1.29 is 28.6 Å². The van der Waals surface area contributed by atoms with Crippen molar-refractivity contribution in [2.24, 2.45) is 0 Å². The van der Waals surface area contributed by atoms with E-state index in [2.05, 4.69) is 10.6 Å². The van der Waals surface area contributed by atoms with Crippen molar-refractivity contribution in [2.45, 2.75) is 19.9 Å². The Labute approximate surface area is 197 Å². The van der Waals surface area contributed by atoms with E-state index in [-0.39, 0.29) is 24.8 Å². The Morgan fingerprint density at radius 2 is 1.41 bits per heavy atom. The van der Waals surface area contributed by atoms with Gasteiger partial charge in [-0.3, -0.25) is 9.59 Å². The first kappa shape index (κ1) is 24.3. The van der Waals surface area contributed by atoms with Crippen molar-refractivity contribution in [2.75, 3.05) is 19.0 Å². The van der Waals surface area contributed by atoms with Gasteiger partial charge in [-0.2, -0.15) is 0 Å². The van der Waals surface area contributed by atoms with Crippen LogP contribution >= 0.6 is 0 Å². The standard InChI is InChI=1S/C26H26N2O6/c1-3-33-26(31)34-23-14-8-20(9-15-23)25(30)27-17-19-4-10-21(11-5-19)28-24(29)16-18-6-12-22(32-2)13-7-18/h4-15H,3,16-17H2,1-2H3,(H,27,30)(H,28,29). The third-order valence-corrected chi connectivity index (χ3v) is 4.79. The van der Waals surface area contributed by atoms with E-state index in [1.165, 1.54) is 12.1 Å². The maximum Gasteiger partial charge on any atom is 0.513 e. The lowest BCUT2D eigenvalue weighted by molar-refractivity contribution is -0.115. The molecule has 0 aliphatic heterocycles. The summed E-state index contributed by atoms with van der Waals surface area (Å²) in [4.78, 5) is 36.0. The van der Waals surface area contributed by atoms with Crippen LogP contribution < -0.4 is 20.1 Å². The highest BCUT2D eigenvalue weighted by atomic mass is 16.7. The highest BCUT2D eigenvalue weighted by Crippen LogP contribution is 2.15. The number of nitrogens with one attached hydrogen (secondary N) is 2. The minimum absolute atomic E-state index is 0.124. The zero-order valence-corrected chi connectivity index (χ0v) is 19.0. The number of carbonyl (C=O) groups excluding carboxylic acids is 3. The molecule has 0 unspecified atom stereocenters. The molecule has 0 saturated heterocycles. The smallest absolute Gasteiger partial charge is 0.497 e. The SMILES string of the molecule is CCOC(=O)Oc1ccc(C(=O)NCc2ccc(NC(=O)Cc3ccc(OC)cc3)cc2)cc1. The normalized spacial score (nSPS) is 10.2. The molecular weight excluding hydrogens is 436 g/mol. The summed E-state index contributed by atoms with van der Waals surface area (Å²) in [5.41, 5.74) is 2.87. The number of benzene rings is 3. The van der Waals surface area contributed by atoms with Crippen LogP contribution in [-0.2, 0) is 22.5 Å². The topological polar surface area (TPSA) is 103 Å². The van der Waals surface area contributed by atoms with E-state index in [4.69, 9.17) is 14.2 Å². The number of methoxy groups -OCH3 is 1. The van der Waals surface area contributed by atoms with Gasteiger partial charge in [-0.05, 0) is 66.6 Å². The number of amides is 2. The predicted octanol–water partition coefficient (Wildman–Crippen LogP) is 4.34. The molecule has 2 N–H and O–H groups in total. The monoisotopic (exact) mass is 462 g/mol. The van der Waals surface area contributed by atoms with Gasteiger partial charge < -0.3 is 24.8 Å². The van der Waals surface area contributed by atoms with E-state index in [0.29, 0.717) is 23.5 Å². The minimum atomic E-state index is -0.792. The molecule has 2 amide bonds. The average molecular weight is 463 g/mol. The molecule has 176 valence electrons. The maximum absolute atomic E-state index is 12.4. The lowest BCUT2D eigenvalue weighted by atomic mass is 10.1. The summed E-state index contributed by atoms with van der Waals surface area (Å²) in [6, 6.07) is 20.7. The van der Waals surface area contributed by atoms with E-state index in [1.54, 1.807) is 38.3 Å². The minimum Gasteiger partial charge on any atom is -0.497 e. The molecule has 3 aromatic carbocycles. The maximum atomic E-state index is 12.4. The summed E-state index contributed by atoms with van der Waals surface area (Å²) in [6.07, 6.45) is -0.536. The molecule has 3 rings (SSSR count). The first-order chi connectivity index (χ1) is 16.5. The van der Waals surface area contributed by atoms with Crippen molar-refractivity contribution in [3.05, 3.63) is 89.5 Å². The molecule has 0 radical (unpaired) electrons. The second-order valence-electron chi connectivity index (χ2n) is 7.26. The van der Waals surface area contributed by atoms with Gasteiger partial charge in [0.15, 0.2) is 0 Å². The fourth-order valence-electron chi connectivity index (χ4n) is 3.04. The van der Waals surface area contributed by atoms with Gasteiger partial charge in [-0.25, -0.2) is 4.79 Å². The first-order valence-electron chi connectivity index (χ1n) is 10.7. The summed E-state index contributed by atoms with van der Waals surface area (Å²) in [6.45, 7) is 2.22. The molecule has 8 heteroatoms. The number of hydrogen-bond donors (Lipinski definition) is 2. The second kappa shape index (κ2) is 12.1. The molecular formula is C26H26N2O6. The summed E-state index contributed by atoms with van der Waals surface area (Å²) < 4.78 is 14.8. The Balaban J connectivity index is 1.46. The summed E-state index contributed by atoms with van der Waals surface area (Å²) >= 11 is 0. The third kappa shape index (κ3) is 7.37. The van der Waals surface area contributed by atoms with Crippen LogP contribution in [0.25, 0.3) is 0 Å². The molecule has 0 atom stereocenters.